The number of amides is 1. The Morgan fingerprint density at radius 3 is 1.40 bits per heavy atom. The maximum atomic E-state index is 12.3. The highest BCUT2D eigenvalue weighted by Gasteiger charge is 2.14. The van der Waals surface area contributed by atoms with E-state index in [1.54, 1.807) is 7.11 Å². The molecule has 0 bridgehead atoms. The minimum absolute atomic E-state index is 0.0813. The average molecular weight is 716 g/mol. The summed E-state index contributed by atoms with van der Waals surface area (Å²) in [4.78, 5) is 24.3. The highest BCUT2D eigenvalue weighted by atomic mass is 16.6. The van der Waals surface area contributed by atoms with E-state index in [0.717, 1.165) is 25.7 Å². The van der Waals surface area contributed by atoms with E-state index < -0.39 is 12.1 Å². The molecule has 1 amide bonds. The molecule has 0 aliphatic heterocycles. The van der Waals surface area contributed by atoms with Crippen LogP contribution in [0.2, 0.25) is 0 Å². The molecule has 0 aromatic rings. The van der Waals surface area contributed by atoms with E-state index in [0.29, 0.717) is 46.1 Å². The summed E-state index contributed by atoms with van der Waals surface area (Å²) in [5.74, 6) is -0.508. The molecular weight excluding hydrogens is 634 g/mol. The van der Waals surface area contributed by atoms with Gasteiger partial charge >= 0.3 is 12.1 Å². The number of nitrogens with one attached hydrogen (secondary N) is 1. The normalized spacial score (nSPS) is 11.9. The van der Waals surface area contributed by atoms with Gasteiger partial charge in [0.2, 0.25) is 0 Å². The number of rotatable bonds is 41. The van der Waals surface area contributed by atoms with Crippen LogP contribution >= 0.6 is 0 Å². The van der Waals surface area contributed by atoms with Crippen LogP contribution in [0.1, 0.15) is 181 Å². The maximum Gasteiger partial charge on any atom is 0.407 e. The molecule has 0 saturated heterocycles. The Hall–Kier alpha value is -1.42. The number of ether oxygens (including phenoxy) is 6. The predicted molar refractivity (Wildman–Crippen MR) is 205 cm³/mol. The van der Waals surface area contributed by atoms with Gasteiger partial charge in [-0.25, -0.2) is 4.79 Å². The molecule has 0 rings (SSSR count). The van der Waals surface area contributed by atoms with Crippen LogP contribution in [0.4, 0.5) is 4.79 Å². The van der Waals surface area contributed by atoms with Crippen molar-refractivity contribution >= 4 is 12.1 Å². The molecule has 9 nitrogen and oxygen atoms in total. The van der Waals surface area contributed by atoms with E-state index in [-0.39, 0.29) is 25.9 Å². The lowest BCUT2D eigenvalue weighted by molar-refractivity contribution is -0.142. The summed E-state index contributed by atoms with van der Waals surface area (Å²) in [6.07, 6.45) is 31.7. The van der Waals surface area contributed by atoms with Gasteiger partial charge < -0.3 is 33.7 Å². The van der Waals surface area contributed by atoms with Gasteiger partial charge in [-0.2, -0.15) is 0 Å². The van der Waals surface area contributed by atoms with Crippen molar-refractivity contribution in [2.24, 2.45) is 0 Å². The first-order chi connectivity index (χ1) is 24.6. The van der Waals surface area contributed by atoms with Crippen molar-refractivity contribution in [3.8, 4) is 0 Å². The van der Waals surface area contributed by atoms with Crippen molar-refractivity contribution in [1.29, 1.82) is 0 Å². The summed E-state index contributed by atoms with van der Waals surface area (Å²) in [6.45, 7) is 8.10. The largest absolute Gasteiger partial charge is 0.464 e. The van der Waals surface area contributed by atoms with Crippen molar-refractivity contribution in [3.05, 3.63) is 0 Å². The predicted octanol–water partition coefficient (Wildman–Crippen LogP) is 10.5. The van der Waals surface area contributed by atoms with Crippen molar-refractivity contribution in [2.75, 3.05) is 66.5 Å². The lowest BCUT2D eigenvalue weighted by Gasteiger charge is -2.18. The molecule has 0 aromatic carbocycles. The SMILES string of the molecule is CCCCCCCCCCCCCCOCC(COC(=O)NCC(=O)OCCCOCCCOC)OCCCCCCCCCCCCCC. The summed E-state index contributed by atoms with van der Waals surface area (Å²) < 4.78 is 33.0. The quantitative estimate of drug-likeness (QED) is 0.0493. The van der Waals surface area contributed by atoms with Gasteiger partial charge in [-0.3, -0.25) is 4.79 Å². The number of alkyl carbamates (subject to hydrolysis) is 1. The standard InChI is InChI=1S/C41H81NO8/c1-4-6-8-10-12-14-16-18-20-22-24-26-31-47-37-39(48-34-27-25-23-21-19-17-15-13-11-9-7-5-2)38-50-41(44)42-36-40(43)49-35-29-33-46-32-28-30-45-3/h39H,4-38H2,1-3H3,(H,42,44). The lowest BCUT2D eigenvalue weighted by atomic mass is 10.1. The fourth-order valence-electron chi connectivity index (χ4n) is 5.77. The van der Waals surface area contributed by atoms with Gasteiger partial charge in [-0.15, -0.1) is 0 Å². The fraction of sp³-hybridized carbons (Fsp3) is 0.951. The first-order valence-corrected chi connectivity index (χ1v) is 21.0. The van der Waals surface area contributed by atoms with Crippen molar-refractivity contribution in [1.82, 2.24) is 5.32 Å². The van der Waals surface area contributed by atoms with E-state index in [4.69, 9.17) is 28.4 Å². The number of carbonyl (C=O) groups excluding carboxylic acids is 2. The van der Waals surface area contributed by atoms with E-state index in [2.05, 4.69) is 19.2 Å². The molecular formula is C41H81NO8. The molecule has 0 radical (unpaired) electrons. The van der Waals surface area contributed by atoms with Crippen LogP contribution in [0.5, 0.6) is 0 Å². The van der Waals surface area contributed by atoms with Gasteiger partial charge in [0.05, 0.1) is 13.2 Å². The number of carbonyl (C=O) groups is 2. The summed E-state index contributed by atoms with van der Waals surface area (Å²) in [7, 11) is 1.66. The molecule has 0 heterocycles. The molecule has 0 aliphatic rings. The molecule has 50 heavy (non-hydrogen) atoms. The molecule has 0 aromatic heterocycles. The molecule has 0 spiro atoms. The zero-order chi connectivity index (χ0) is 36.4. The van der Waals surface area contributed by atoms with Crippen LogP contribution < -0.4 is 5.32 Å². The van der Waals surface area contributed by atoms with Crippen LogP contribution in [0.3, 0.4) is 0 Å². The Morgan fingerprint density at radius 1 is 0.460 bits per heavy atom. The molecule has 1 atom stereocenters. The Balaban J connectivity index is 4.16. The van der Waals surface area contributed by atoms with Gasteiger partial charge in [0, 0.05) is 46.6 Å². The first-order valence-electron chi connectivity index (χ1n) is 21.0. The van der Waals surface area contributed by atoms with Gasteiger partial charge in [0.15, 0.2) is 0 Å². The lowest BCUT2D eigenvalue weighted by Crippen LogP contribution is -2.35. The minimum Gasteiger partial charge on any atom is -0.464 e. The number of hydrogen-bond donors (Lipinski definition) is 1. The average Bonchev–Trinajstić information content (AvgIpc) is 3.12. The monoisotopic (exact) mass is 716 g/mol. The first kappa shape index (κ1) is 48.6. The third kappa shape index (κ3) is 39.4. The van der Waals surface area contributed by atoms with Crippen LogP contribution in [-0.4, -0.2) is 84.7 Å². The highest BCUT2D eigenvalue weighted by Crippen LogP contribution is 2.13. The second-order valence-corrected chi connectivity index (χ2v) is 13.8. The maximum absolute atomic E-state index is 12.3. The molecule has 0 aliphatic carbocycles. The number of esters is 1. The van der Waals surface area contributed by atoms with Crippen LogP contribution in [0.15, 0.2) is 0 Å². The molecule has 0 fully saturated rings. The van der Waals surface area contributed by atoms with Crippen molar-refractivity contribution < 1.29 is 38.0 Å². The fourth-order valence-corrected chi connectivity index (χ4v) is 5.77. The molecule has 1 unspecified atom stereocenters. The van der Waals surface area contributed by atoms with Gasteiger partial charge in [-0.1, -0.05) is 155 Å². The summed E-state index contributed by atoms with van der Waals surface area (Å²) in [5, 5.41) is 2.47. The Bertz CT molecular complexity index is 695. The summed E-state index contributed by atoms with van der Waals surface area (Å²) in [5.41, 5.74) is 0. The second kappa shape index (κ2) is 42.0. The van der Waals surface area contributed by atoms with Crippen LogP contribution in [0.25, 0.3) is 0 Å². The van der Waals surface area contributed by atoms with Gasteiger partial charge in [0.1, 0.15) is 19.3 Å². The van der Waals surface area contributed by atoms with Gasteiger partial charge in [0.25, 0.3) is 0 Å². The van der Waals surface area contributed by atoms with E-state index in [1.807, 2.05) is 0 Å². The van der Waals surface area contributed by atoms with E-state index in [1.165, 1.54) is 135 Å². The highest BCUT2D eigenvalue weighted by molar-refractivity contribution is 5.77. The third-order valence-corrected chi connectivity index (χ3v) is 8.91. The minimum atomic E-state index is -0.664. The van der Waals surface area contributed by atoms with Crippen molar-refractivity contribution in [2.45, 2.75) is 187 Å². The van der Waals surface area contributed by atoms with Gasteiger partial charge in [-0.05, 0) is 19.3 Å². The van der Waals surface area contributed by atoms with Crippen molar-refractivity contribution in [3.63, 3.8) is 0 Å². The van der Waals surface area contributed by atoms with E-state index in [9.17, 15) is 9.59 Å². The van der Waals surface area contributed by atoms with Crippen LogP contribution in [0, 0.1) is 0 Å². The number of methoxy groups -OCH3 is 1. The molecule has 0 saturated carbocycles. The van der Waals surface area contributed by atoms with E-state index >= 15 is 0 Å². The third-order valence-electron chi connectivity index (χ3n) is 8.91. The Labute approximate surface area is 308 Å². The molecule has 9 heteroatoms. The number of unbranched alkanes of at least 4 members (excludes halogenated alkanes) is 22. The topological polar surface area (TPSA) is 102 Å². The Kier molecular flexibility index (Phi) is 40.8. The molecule has 1 N–H and O–H groups in total. The zero-order valence-electron chi connectivity index (χ0n) is 33.1. The number of hydrogen-bond acceptors (Lipinski definition) is 8. The zero-order valence-corrected chi connectivity index (χ0v) is 33.1. The Morgan fingerprint density at radius 2 is 0.900 bits per heavy atom. The second-order valence-electron chi connectivity index (χ2n) is 13.8. The summed E-state index contributed by atoms with van der Waals surface area (Å²) in [6, 6.07) is 0. The van der Waals surface area contributed by atoms with Crippen LogP contribution in [-0.2, 0) is 33.2 Å². The summed E-state index contributed by atoms with van der Waals surface area (Å²) >= 11 is 0. The molecule has 298 valence electrons. The smallest absolute Gasteiger partial charge is 0.407 e.